The van der Waals surface area contributed by atoms with Crippen LogP contribution in [-0.4, -0.2) is 49.0 Å². The highest BCUT2D eigenvalue weighted by molar-refractivity contribution is 5.76. The van der Waals surface area contributed by atoms with Crippen molar-refractivity contribution in [1.29, 1.82) is 0 Å². The number of hydrogen-bond donors (Lipinski definition) is 3. The van der Waals surface area contributed by atoms with Crippen LogP contribution >= 0.6 is 0 Å². The van der Waals surface area contributed by atoms with Crippen LogP contribution in [-0.2, 0) is 9.53 Å². The van der Waals surface area contributed by atoms with Gasteiger partial charge in [-0.25, -0.2) is 0 Å². The van der Waals surface area contributed by atoms with Crippen molar-refractivity contribution in [2.45, 2.75) is 43.7 Å². The zero-order chi connectivity index (χ0) is 12.1. The highest BCUT2D eigenvalue weighted by atomic mass is 16.5. The van der Waals surface area contributed by atoms with E-state index in [4.69, 9.17) is 4.74 Å². The highest BCUT2D eigenvalue weighted by Crippen LogP contribution is 2.19. The van der Waals surface area contributed by atoms with Gasteiger partial charge < -0.3 is 20.5 Å². The van der Waals surface area contributed by atoms with E-state index in [2.05, 4.69) is 10.6 Å². The molecule has 1 atom stereocenters. The average molecular weight is 242 g/mol. The molecular formula is C12H22N2O3. The average Bonchev–Trinajstić information content (AvgIpc) is 2.80. The Labute approximate surface area is 102 Å². The first-order valence-corrected chi connectivity index (χ1v) is 6.48. The lowest BCUT2D eigenvalue weighted by Crippen LogP contribution is -2.47. The Morgan fingerprint density at radius 3 is 2.88 bits per heavy atom. The van der Waals surface area contributed by atoms with Gasteiger partial charge in [-0.15, -0.1) is 0 Å². The minimum absolute atomic E-state index is 0.0318. The molecule has 0 aliphatic carbocycles. The van der Waals surface area contributed by atoms with Crippen molar-refractivity contribution in [3.05, 3.63) is 0 Å². The van der Waals surface area contributed by atoms with Gasteiger partial charge in [0.25, 0.3) is 0 Å². The summed E-state index contributed by atoms with van der Waals surface area (Å²) in [4.78, 5) is 11.7. The first kappa shape index (κ1) is 12.8. The van der Waals surface area contributed by atoms with Gasteiger partial charge >= 0.3 is 0 Å². The summed E-state index contributed by atoms with van der Waals surface area (Å²) in [5.74, 6) is 0.0318. The van der Waals surface area contributed by atoms with Crippen molar-refractivity contribution in [3.8, 4) is 0 Å². The van der Waals surface area contributed by atoms with E-state index in [0.29, 0.717) is 45.1 Å². The summed E-state index contributed by atoms with van der Waals surface area (Å²) in [7, 11) is 0. The molecule has 1 amide bonds. The lowest BCUT2D eigenvalue weighted by Gasteiger charge is -2.32. The summed E-state index contributed by atoms with van der Waals surface area (Å²) < 4.78 is 5.20. The second-order valence-electron chi connectivity index (χ2n) is 5.11. The monoisotopic (exact) mass is 242 g/mol. The molecule has 2 rings (SSSR count). The normalized spacial score (nSPS) is 27.9. The maximum Gasteiger partial charge on any atom is 0.221 e. The Morgan fingerprint density at radius 2 is 2.24 bits per heavy atom. The third kappa shape index (κ3) is 3.94. The molecule has 2 fully saturated rings. The number of amides is 1. The Morgan fingerprint density at radius 1 is 1.47 bits per heavy atom. The van der Waals surface area contributed by atoms with E-state index >= 15 is 0 Å². The number of rotatable bonds is 4. The predicted octanol–water partition coefficient (Wildman–Crippen LogP) is -0.214. The van der Waals surface area contributed by atoms with Crippen LogP contribution in [0, 0.1) is 0 Å². The lowest BCUT2D eigenvalue weighted by atomic mass is 9.94. The standard InChI is InChI=1S/C12H22N2O3/c15-11(8-10-2-1-5-13-10)14-9-12(16)3-6-17-7-4-12/h10,13,16H,1-9H2,(H,14,15). The van der Waals surface area contributed by atoms with Gasteiger partial charge in [-0.3, -0.25) is 4.79 Å². The van der Waals surface area contributed by atoms with Gasteiger partial charge in [0.1, 0.15) is 0 Å². The summed E-state index contributed by atoms with van der Waals surface area (Å²) in [6, 6.07) is 0.319. The molecule has 0 radical (unpaired) electrons. The number of carbonyl (C=O) groups is 1. The third-order valence-corrected chi connectivity index (χ3v) is 3.63. The van der Waals surface area contributed by atoms with E-state index in [1.54, 1.807) is 0 Å². The molecule has 2 aliphatic rings. The number of aliphatic hydroxyl groups is 1. The minimum Gasteiger partial charge on any atom is -0.388 e. The van der Waals surface area contributed by atoms with E-state index in [-0.39, 0.29) is 5.91 Å². The molecule has 17 heavy (non-hydrogen) atoms. The molecule has 2 aliphatic heterocycles. The summed E-state index contributed by atoms with van der Waals surface area (Å²) in [6.07, 6.45) is 3.96. The van der Waals surface area contributed by atoms with E-state index in [9.17, 15) is 9.90 Å². The number of ether oxygens (including phenoxy) is 1. The fourth-order valence-corrected chi connectivity index (χ4v) is 2.42. The molecule has 98 valence electrons. The maximum atomic E-state index is 11.7. The Hall–Kier alpha value is -0.650. The zero-order valence-electron chi connectivity index (χ0n) is 10.2. The predicted molar refractivity (Wildman–Crippen MR) is 63.7 cm³/mol. The van der Waals surface area contributed by atoms with E-state index in [1.165, 1.54) is 0 Å². The van der Waals surface area contributed by atoms with Crippen LogP contribution in [0.1, 0.15) is 32.1 Å². The first-order chi connectivity index (χ1) is 8.18. The van der Waals surface area contributed by atoms with Crippen molar-refractivity contribution in [1.82, 2.24) is 10.6 Å². The molecule has 2 heterocycles. The summed E-state index contributed by atoms with van der Waals surface area (Å²) in [6.45, 7) is 2.52. The number of hydrogen-bond acceptors (Lipinski definition) is 4. The molecule has 0 saturated carbocycles. The van der Waals surface area contributed by atoms with Gasteiger partial charge in [0.15, 0.2) is 0 Å². The van der Waals surface area contributed by atoms with Crippen molar-refractivity contribution in [2.75, 3.05) is 26.3 Å². The van der Waals surface area contributed by atoms with Crippen molar-refractivity contribution in [2.24, 2.45) is 0 Å². The Bertz CT molecular complexity index is 258. The van der Waals surface area contributed by atoms with Gasteiger partial charge in [-0.2, -0.15) is 0 Å². The third-order valence-electron chi connectivity index (χ3n) is 3.63. The lowest BCUT2D eigenvalue weighted by molar-refractivity contribution is -0.124. The molecule has 0 aromatic carbocycles. The largest absolute Gasteiger partial charge is 0.388 e. The molecule has 0 aromatic rings. The molecule has 5 heteroatoms. The molecule has 0 bridgehead atoms. The maximum absolute atomic E-state index is 11.7. The van der Waals surface area contributed by atoms with Crippen LogP contribution in [0.4, 0.5) is 0 Å². The quantitative estimate of drug-likeness (QED) is 0.638. The van der Waals surface area contributed by atoms with Gasteiger partial charge in [-0.05, 0) is 19.4 Å². The van der Waals surface area contributed by atoms with E-state index < -0.39 is 5.60 Å². The fourth-order valence-electron chi connectivity index (χ4n) is 2.42. The smallest absolute Gasteiger partial charge is 0.221 e. The second kappa shape index (κ2) is 5.80. The van der Waals surface area contributed by atoms with Crippen LogP contribution in [0.15, 0.2) is 0 Å². The van der Waals surface area contributed by atoms with E-state index in [0.717, 1.165) is 19.4 Å². The minimum atomic E-state index is -0.767. The molecule has 0 spiro atoms. The summed E-state index contributed by atoms with van der Waals surface area (Å²) in [5, 5.41) is 16.3. The SMILES string of the molecule is O=C(CC1CCCN1)NCC1(O)CCOCC1. The van der Waals surface area contributed by atoms with Gasteiger partial charge in [0.2, 0.25) is 5.91 Å². The zero-order valence-corrected chi connectivity index (χ0v) is 10.2. The number of carbonyl (C=O) groups excluding carboxylic acids is 1. The van der Waals surface area contributed by atoms with Crippen LogP contribution in [0.3, 0.4) is 0 Å². The Balaban J connectivity index is 1.67. The molecular weight excluding hydrogens is 220 g/mol. The van der Waals surface area contributed by atoms with Crippen LogP contribution in [0.2, 0.25) is 0 Å². The van der Waals surface area contributed by atoms with Gasteiger partial charge in [0, 0.05) is 45.1 Å². The van der Waals surface area contributed by atoms with Crippen molar-refractivity contribution < 1.29 is 14.6 Å². The topological polar surface area (TPSA) is 70.6 Å². The Kier molecular flexibility index (Phi) is 4.36. The van der Waals surface area contributed by atoms with E-state index in [1.807, 2.05) is 0 Å². The molecule has 1 unspecified atom stereocenters. The molecule has 5 nitrogen and oxygen atoms in total. The van der Waals surface area contributed by atoms with Crippen molar-refractivity contribution >= 4 is 5.91 Å². The fraction of sp³-hybridized carbons (Fsp3) is 0.917. The molecule has 0 aromatic heterocycles. The summed E-state index contributed by atoms with van der Waals surface area (Å²) in [5.41, 5.74) is -0.767. The highest BCUT2D eigenvalue weighted by Gasteiger charge is 2.30. The van der Waals surface area contributed by atoms with Gasteiger partial charge in [0.05, 0.1) is 5.60 Å². The van der Waals surface area contributed by atoms with Crippen LogP contribution in [0.25, 0.3) is 0 Å². The number of nitrogens with one attached hydrogen (secondary N) is 2. The van der Waals surface area contributed by atoms with Crippen LogP contribution < -0.4 is 10.6 Å². The van der Waals surface area contributed by atoms with Crippen LogP contribution in [0.5, 0.6) is 0 Å². The van der Waals surface area contributed by atoms with Gasteiger partial charge in [-0.1, -0.05) is 0 Å². The molecule has 3 N–H and O–H groups in total. The summed E-state index contributed by atoms with van der Waals surface area (Å²) >= 11 is 0. The first-order valence-electron chi connectivity index (χ1n) is 6.48. The van der Waals surface area contributed by atoms with Crippen molar-refractivity contribution in [3.63, 3.8) is 0 Å². The molecule has 2 saturated heterocycles. The second-order valence-corrected chi connectivity index (χ2v) is 5.11.